The lowest BCUT2D eigenvalue weighted by molar-refractivity contribution is 0.0577. The summed E-state index contributed by atoms with van der Waals surface area (Å²) in [7, 11) is 0. The number of rotatable bonds is 2. The minimum atomic E-state index is -0.649. The van der Waals surface area contributed by atoms with Gasteiger partial charge in [0.15, 0.2) is 0 Å². The number of aromatic amines is 1. The normalized spacial score (nSPS) is 20.1. The van der Waals surface area contributed by atoms with Crippen molar-refractivity contribution in [3.05, 3.63) is 35.5 Å². The van der Waals surface area contributed by atoms with Crippen molar-refractivity contribution < 1.29 is 5.11 Å². The number of hydrogen-bond donors (Lipinski definition) is 3. The third-order valence-electron chi connectivity index (χ3n) is 3.66. The third kappa shape index (κ3) is 2.04. The summed E-state index contributed by atoms with van der Waals surface area (Å²) in [5.74, 6) is 0. The van der Waals surface area contributed by atoms with E-state index in [0.29, 0.717) is 0 Å². The molecule has 0 aliphatic carbocycles. The zero-order valence-electron chi connectivity index (χ0n) is 11.0. The minimum absolute atomic E-state index is 0.223. The van der Waals surface area contributed by atoms with E-state index in [2.05, 4.69) is 34.6 Å². The van der Waals surface area contributed by atoms with E-state index in [9.17, 15) is 5.11 Å². The van der Waals surface area contributed by atoms with Crippen LogP contribution >= 0.6 is 0 Å². The van der Waals surface area contributed by atoms with Crippen molar-refractivity contribution in [1.82, 2.24) is 10.3 Å². The molecule has 0 saturated carbocycles. The van der Waals surface area contributed by atoms with Crippen molar-refractivity contribution in [2.75, 3.05) is 6.54 Å². The van der Waals surface area contributed by atoms with Crippen LogP contribution in [0.5, 0.6) is 0 Å². The second-order valence-electron chi connectivity index (χ2n) is 5.84. The molecule has 3 nitrogen and oxygen atoms in total. The summed E-state index contributed by atoms with van der Waals surface area (Å²) in [4.78, 5) is 3.52. The summed E-state index contributed by atoms with van der Waals surface area (Å²) in [6.07, 6.45) is 1.79. The predicted octanol–water partition coefficient (Wildman–Crippen LogP) is 2.52. The Labute approximate surface area is 107 Å². The highest BCUT2D eigenvalue weighted by atomic mass is 16.3. The molecule has 3 rings (SSSR count). The monoisotopic (exact) mass is 244 g/mol. The van der Waals surface area contributed by atoms with E-state index in [-0.39, 0.29) is 6.04 Å². The molecule has 1 aliphatic rings. The fourth-order valence-corrected chi connectivity index (χ4v) is 2.93. The van der Waals surface area contributed by atoms with Gasteiger partial charge in [-0.1, -0.05) is 18.2 Å². The Bertz CT molecular complexity index is 565. The maximum atomic E-state index is 10.0. The van der Waals surface area contributed by atoms with Gasteiger partial charge >= 0.3 is 0 Å². The Kier molecular flexibility index (Phi) is 2.68. The van der Waals surface area contributed by atoms with Crippen LogP contribution in [0.4, 0.5) is 0 Å². The van der Waals surface area contributed by atoms with Gasteiger partial charge in [0.1, 0.15) is 0 Å². The predicted molar refractivity (Wildman–Crippen MR) is 73.7 cm³/mol. The van der Waals surface area contributed by atoms with E-state index in [1.165, 1.54) is 22.2 Å². The summed E-state index contributed by atoms with van der Waals surface area (Å²) < 4.78 is 0. The average molecular weight is 244 g/mol. The second kappa shape index (κ2) is 4.11. The Morgan fingerprint density at radius 1 is 1.33 bits per heavy atom. The quantitative estimate of drug-likeness (QED) is 0.760. The molecule has 0 radical (unpaired) electrons. The molecule has 2 heterocycles. The van der Waals surface area contributed by atoms with Gasteiger partial charge in [-0.15, -0.1) is 0 Å². The third-order valence-corrected chi connectivity index (χ3v) is 3.66. The molecule has 96 valence electrons. The molecule has 3 heteroatoms. The standard InChI is InChI=1S/C15H20N2O/c1-15(2,18)9-13-14-11(7-8-16-13)10-5-3-4-6-12(10)17-14/h3-6,13,16-18H,7-9H2,1-2H3. The van der Waals surface area contributed by atoms with E-state index in [1.54, 1.807) is 0 Å². The van der Waals surface area contributed by atoms with Gasteiger partial charge in [-0.25, -0.2) is 0 Å². The minimum Gasteiger partial charge on any atom is -0.390 e. The lowest BCUT2D eigenvalue weighted by Crippen LogP contribution is -2.35. The molecule has 1 atom stereocenters. The van der Waals surface area contributed by atoms with Crippen LogP contribution in [-0.4, -0.2) is 22.2 Å². The zero-order valence-corrected chi connectivity index (χ0v) is 11.0. The highest BCUT2D eigenvalue weighted by Crippen LogP contribution is 2.33. The maximum absolute atomic E-state index is 10.0. The zero-order chi connectivity index (χ0) is 12.8. The number of H-pyrrole nitrogens is 1. The first kappa shape index (κ1) is 11.8. The van der Waals surface area contributed by atoms with E-state index in [4.69, 9.17) is 0 Å². The molecule has 0 spiro atoms. The van der Waals surface area contributed by atoms with E-state index in [0.717, 1.165) is 19.4 Å². The molecule has 0 saturated heterocycles. The van der Waals surface area contributed by atoms with Gasteiger partial charge in [0.25, 0.3) is 0 Å². The van der Waals surface area contributed by atoms with Crippen LogP contribution in [0.3, 0.4) is 0 Å². The van der Waals surface area contributed by atoms with Crippen molar-refractivity contribution in [2.24, 2.45) is 0 Å². The fourth-order valence-electron chi connectivity index (χ4n) is 2.93. The van der Waals surface area contributed by atoms with Gasteiger partial charge in [-0.2, -0.15) is 0 Å². The molecule has 2 aromatic rings. The van der Waals surface area contributed by atoms with Crippen LogP contribution in [0.1, 0.15) is 37.6 Å². The first-order chi connectivity index (χ1) is 8.54. The topological polar surface area (TPSA) is 48.0 Å². The van der Waals surface area contributed by atoms with Crippen molar-refractivity contribution in [3.8, 4) is 0 Å². The molecule has 0 amide bonds. The Morgan fingerprint density at radius 2 is 2.11 bits per heavy atom. The molecule has 1 aromatic heterocycles. The fraction of sp³-hybridized carbons (Fsp3) is 0.467. The number of aromatic nitrogens is 1. The molecule has 1 aromatic carbocycles. The van der Waals surface area contributed by atoms with Crippen molar-refractivity contribution in [3.63, 3.8) is 0 Å². The smallest absolute Gasteiger partial charge is 0.0610 e. The van der Waals surface area contributed by atoms with E-state index < -0.39 is 5.60 Å². The van der Waals surface area contributed by atoms with Crippen LogP contribution in [0.15, 0.2) is 24.3 Å². The number of aliphatic hydroxyl groups is 1. The average Bonchev–Trinajstić information content (AvgIpc) is 2.67. The number of hydrogen-bond acceptors (Lipinski definition) is 2. The summed E-state index contributed by atoms with van der Waals surface area (Å²) in [5.41, 5.74) is 3.22. The van der Waals surface area contributed by atoms with Gasteiger partial charge in [-0.3, -0.25) is 0 Å². The molecule has 1 aliphatic heterocycles. The molecule has 3 N–H and O–H groups in total. The summed E-state index contributed by atoms with van der Waals surface area (Å²) in [5, 5.41) is 14.8. The van der Waals surface area contributed by atoms with Crippen LogP contribution in [0, 0.1) is 0 Å². The number of fused-ring (bicyclic) bond motifs is 3. The van der Waals surface area contributed by atoms with Gasteiger partial charge < -0.3 is 15.4 Å². The SMILES string of the molecule is CC(C)(O)CC1NCCc2c1[nH]c1ccccc21. The maximum Gasteiger partial charge on any atom is 0.0610 e. The van der Waals surface area contributed by atoms with Gasteiger partial charge in [0.2, 0.25) is 0 Å². The Hall–Kier alpha value is -1.32. The van der Waals surface area contributed by atoms with Crippen LogP contribution in [0.25, 0.3) is 10.9 Å². The number of benzene rings is 1. The Balaban J connectivity index is 2.05. The lowest BCUT2D eigenvalue weighted by atomic mass is 9.91. The highest BCUT2D eigenvalue weighted by molar-refractivity contribution is 5.85. The van der Waals surface area contributed by atoms with Crippen LogP contribution in [0.2, 0.25) is 0 Å². The summed E-state index contributed by atoms with van der Waals surface area (Å²) in [6.45, 7) is 4.72. The van der Waals surface area contributed by atoms with Crippen LogP contribution in [-0.2, 0) is 6.42 Å². The lowest BCUT2D eigenvalue weighted by Gasteiger charge is -2.29. The summed E-state index contributed by atoms with van der Waals surface area (Å²) >= 11 is 0. The van der Waals surface area contributed by atoms with Crippen molar-refractivity contribution in [1.29, 1.82) is 0 Å². The van der Waals surface area contributed by atoms with Gasteiger partial charge in [0, 0.05) is 16.6 Å². The van der Waals surface area contributed by atoms with Crippen molar-refractivity contribution >= 4 is 10.9 Å². The van der Waals surface area contributed by atoms with E-state index in [1.807, 2.05) is 13.8 Å². The first-order valence-corrected chi connectivity index (χ1v) is 6.60. The van der Waals surface area contributed by atoms with Gasteiger partial charge in [-0.05, 0) is 44.9 Å². The Morgan fingerprint density at radius 3 is 2.89 bits per heavy atom. The van der Waals surface area contributed by atoms with Gasteiger partial charge in [0.05, 0.1) is 11.6 Å². The number of nitrogens with one attached hydrogen (secondary N) is 2. The molecule has 0 bridgehead atoms. The molecule has 0 fully saturated rings. The second-order valence-corrected chi connectivity index (χ2v) is 5.84. The highest BCUT2D eigenvalue weighted by Gasteiger charge is 2.28. The van der Waals surface area contributed by atoms with Crippen molar-refractivity contribution in [2.45, 2.75) is 38.3 Å². The molecular formula is C15H20N2O. The number of para-hydroxylation sites is 1. The largest absolute Gasteiger partial charge is 0.390 e. The summed E-state index contributed by atoms with van der Waals surface area (Å²) in [6, 6.07) is 8.67. The molecule has 1 unspecified atom stereocenters. The molecule has 18 heavy (non-hydrogen) atoms. The van der Waals surface area contributed by atoms with Crippen LogP contribution < -0.4 is 5.32 Å². The first-order valence-electron chi connectivity index (χ1n) is 6.60. The van der Waals surface area contributed by atoms with E-state index >= 15 is 0 Å². The molecular weight excluding hydrogens is 224 g/mol.